The van der Waals surface area contributed by atoms with Crippen LogP contribution in [-0.4, -0.2) is 30.8 Å². The molecule has 0 atom stereocenters. The molecule has 9 heteroatoms. The number of carbonyl (C=O) groups excluding carboxylic acids is 3. The third-order valence-electron chi connectivity index (χ3n) is 4.00. The Morgan fingerprint density at radius 1 is 0.767 bits per heavy atom. The van der Waals surface area contributed by atoms with Gasteiger partial charge < -0.3 is 20.4 Å². The van der Waals surface area contributed by atoms with E-state index in [1.54, 1.807) is 30.3 Å². The summed E-state index contributed by atoms with van der Waals surface area (Å²) in [6.07, 6.45) is 0. The summed E-state index contributed by atoms with van der Waals surface area (Å²) in [7, 11) is 0. The summed E-state index contributed by atoms with van der Waals surface area (Å²) in [6.45, 7) is 0.463. The Hall–Kier alpha value is -3.46. The molecule has 0 bridgehead atoms. The quantitative estimate of drug-likeness (QED) is 0.456. The van der Waals surface area contributed by atoms with Gasteiger partial charge in [-0.25, -0.2) is 4.39 Å². The van der Waals surface area contributed by atoms with Gasteiger partial charge in [-0.3, -0.25) is 14.4 Å². The maximum absolute atomic E-state index is 12.9. The van der Waals surface area contributed by atoms with E-state index in [1.165, 1.54) is 30.3 Å². The fourth-order valence-corrected chi connectivity index (χ4v) is 2.79. The van der Waals surface area contributed by atoms with Crippen LogP contribution < -0.4 is 16.0 Å². The van der Waals surface area contributed by atoms with Gasteiger partial charge in [-0.1, -0.05) is 0 Å². The van der Waals surface area contributed by atoms with Crippen molar-refractivity contribution in [2.24, 2.45) is 0 Å². The number of carbonyl (C=O) groups is 3. The van der Waals surface area contributed by atoms with Gasteiger partial charge in [-0.15, -0.1) is 0 Å². The van der Waals surface area contributed by atoms with Gasteiger partial charge in [0.05, 0.1) is 0 Å². The van der Waals surface area contributed by atoms with Crippen LogP contribution in [0.15, 0.2) is 69.8 Å². The fraction of sp³-hybridized carbons (Fsp3) is 0.0952. The van der Waals surface area contributed by atoms with Crippen LogP contribution in [0.25, 0.3) is 0 Å². The van der Waals surface area contributed by atoms with E-state index in [4.69, 9.17) is 4.42 Å². The second kappa shape index (κ2) is 9.84. The smallest absolute Gasteiger partial charge is 0.287 e. The number of halogens is 2. The predicted octanol–water partition coefficient (Wildman–Crippen LogP) is 3.59. The van der Waals surface area contributed by atoms with E-state index in [0.717, 1.165) is 0 Å². The van der Waals surface area contributed by atoms with Crippen molar-refractivity contribution in [1.29, 1.82) is 0 Å². The van der Waals surface area contributed by atoms with Crippen molar-refractivity contribution in [1.82, 2.24) is 10.6 Å². The lowest BCUT2D eigenvalue weighted by Crippen LogP contribution is -2.34. The number of anilines is 1. The van der Waals surface area contributed by atoms with Crippen molar-refractivity contribution in [3.63, 3.8) is 0 Å². The predicted molar refractivity (Wildman–Crippen MR) is 112 cm³/mol. The molecule has 0 saturated carbocycles. The van der Waals surface area contributed by atoms with Gasteiger partial charge in [0, 0.05) is 29.9 Å². The second-order valence-corrected chi connectivity index (χ2v) is 6.94. The zero-order valence-corrected chi connectivity index (χ0v) is 17.2. The lowest BCUT2D eigenvalue weighted by atomic mass is 10.1. The molecular formula is C21H17BrFN3O4. The van der Waals surface area contributed by atoms with Crippen LogP contribution in [0.5, 0.6) is 0 Å². The topological polar surface area (TPSA) is 100 Å². The van der Waals surface area contributed by atoms with Crippen LogP contribution in [0, 0.1) is 5.82 Å². The molecular weight excluding hydrogens is 457 g/mol. The Labute approximate surface area is 179 Å². The molecule has 3 aromatic rings. The molecule has 1 aromatic heterocycles. The van der Waals surface area contributed by atoms with Gasteiger partial charge in [-0.2, -0.15) is 0 Å². The average Bonchev–Trinajstić information content (AvgIpc) is 3.18. The Kier molecular flexibility index (Phi) is 6.97. The molecule has 0 aliphatic carbocycles. The van der Waals surface area contributed by atoms with Crippen molar-refractivity contribution in [2.45, 2.75) is 0 Å². The molecule has 30 heavy (non-hydrogen) atoms. The Morgan fingerprint density at radius 2 is 1.33 bits per heavy atom. The standard InChI is InChI=1S/C21H17BrFN3O4/c22-18-10-9-17(30-18)21(29)25-12-11-24-19(27)13-3-7-16(8-4-13)26-20(28)14-1-5-15(23)6-2-14/h1-10H,11-12H2,(H,24,27)(H,25,29)(H,26,28). The van der Waals surface area contributed by atoms with E-state index in [1.807, 2.05) is 0 Å². The van der Waals surface area contributed by atoms with Gasteiger partial charge in [0.25, 0.3) is 17.7 Å². The molecule has 2 aromatic carbocycles. The summed E-state index contributed by atoms with van der Waals surface area (Å²) < 4.78 is 18.5. The normalized spacial score (nSPS) is 10.3. The number of nitrogens with one attached hydrogen (secondary N) is 3. The number of hydrogen-bond acceptors (Lipinski definition) is 4. The fourth-order valence-electron chi connectivity index (χ4n) is 2.49. The molecule has 7 nitrogen and oxygen atoms in total. The first-order chi connectivity index (χ1) is 14.4. The molecule has 3 rings (SSSR count). The first-order valence-corrected chi connectivity index (χ1v) is 9.70. The molecule has 3 N–H and O–H groups in total. The van der Waals surface area contributed by atoms with Crippen LogP contribution >= 0.6 is 15.9 Å². The van der Waals surface area contributed by atoms with Gasteiger partial charge in [0.1, 0.15) is 5.82 Å². The SMILES string of the molecule is O=C(NCCNC(=O)c1ccc(Br)o1)c1ccc(NC(=O)c2ccc(F)cc2)cc1. The first kappa shape index (κ1) is 21.3. The summed E-state index contributed by atoms with van der Waals surface area (Å²) in [5, 5.41) is 7.99. The highest BCUT2D eigenvalue weighted by atomic mass is 79.9. The molecule has 0 aliphatic heterocycles. The lowest BCUT2D eigenvalue weighted by molar-refractivity contribution is 0.0909. The molecule has 0 aliphatic rings. The van der Waals surface area contributed by atoms with E-state index in [2.05, 4.69) is 31.9 Å². The van der Waals surface area contributed by atoms with Crippen molar-refractivity contribution < 1.29 is 23.2 Å². The van der Waals surface area contributed by atoms with E-state index in [9.17, 15) is 18.8 Å². The van der Waals surface area contributed by atoms with E-state index >= 15 is 0 Å². The Bertz CT molecular complexity index is 1050. The van der Waals surface area contributed by atoms with E-state index in [0.29, 0.717) is 21.5 Å². The lowest BCUT2D eigenvalue weighted by Gasteiger charge is -2.08. The van der Waals surface area contributed by atoms with Crippen LogP contribution in [0.2, 0.25) is 0 Å². The summed E-state index contributed by atoms with van der Waals surface area (Å²) in [5.74, 6) is -1.33. The van der Waals surface area contributed by atoms with Gasteiger partial charge >= 0.3 is 0 Å². The molecule has 0 unspecified atom stereocenters. The van der Waals surface area contributed by atoms with E-state index < -0.39 is 5.82 Å². The highest BCUT2D eigenvalue weighted by Gasteiger charge is 2.11. The van der Waals surface area contributed by atoms with Crippen LogP contribution in [0.4, 0.5) is 10.1 Å². The zero-order chi connectivity index (χ0) is 21.5. The highest BCUT2D eigenvalue weighted by molar-refractivity contribution is 9.10. The summed E-state index contributed by atoms with van der Waals surface area (Å²) >= 11 is 3.12. The largest absolute Gasteiger partial charge is 0.444 e. The minimum absolute atomic E-state index is 0.173. The summed E-state index contributed by atoms with van der Waals surface area (Å²) in [5.41, 5.74) is 1.22. The number of furan rings is 1. The molecule has 0 spiro atoms. The Morgan fingerprint density at radius 3 is 1.93 bits per heavy atom. The molecule has 154 valence electrons. The minimum Gasteiger partial charge on any atom is -0.444 e. The average molecular weight is 474 g/mol. The van der Waals surface area contributed by atoms with Gasteiger partial charge in [0.15, 0.2) is 10.4 Å². The number of benzene rings is 2. The monoisotopic (exact) mass is 473 g/mol. The minimum atomic E-state index is -0.421. The van der Waals surface area contributed by atoms with Gasteiger partial charge in [-0.05, 0) is 76.6 Å². The molecule has 1 heterocycles. The highest BCUT2D eigenvalue weighted by Crippen LogP contribution is 2.14. The maximum atomic E-state index is 12.9. The summed E-state index contributed by atoms with van der Waals surface area (Å²) in [4.78, 5) is 36.1. The van der Waals surface area contributed by atoms with Crippen molar-refractivity contribution >= 4 is 39.3 Å². The van der Waals surface area contributed by atoms with Crippen molar-refractivity contribution in [3.8, 4) is 0 Å². The van der Waals surface area contributed by atoms with Crippen molar-refractivity contribution in [2.75, 3.05) is 18.4 Å². The van der Waals surface area contributed by atoms with Crippen LogP contribution in [0.3, 0.4) is 0 Å². The third kappa shape index (κ3) is 5.77. The van der Waals surface area contributed by atoms with Crippen LogP contribution in [-0.2, 0) is 0 Å². The second-order valence-electron chi connectivity index (χ2n) is 6.15. The van der Waals surface area contributed by atoms with Crippen LogP contribution in [0.1, 0.15) is 31.3 Å². The molecule has 0 saturated heterocycles. The van der Waals surface area contributed by atoms with E-state index in [-0.39, 0.29) is 36.6 Å². The molecule has 3 amide bonds. The molecule has 0 fully saturated rings. The maximum Gasteiger partial charge on any atom is 0.287 e. The van der Waals surface area contributed by atoms with Crippen molar-refractivity contribution in [3.05, 3.63) is 88.0 Å². The number of hydrogen-bond donors (Lipinski definition) is 3. The zero-order valence-electron chi connectivity index (χ0n) is 15.6. The number of rotatable bonds is 7. The third-order valence-corrected chi connectivity index (χ3v) is 4.43. The summed E-state index contributed by atoms with van der Waals surface area (Å²) in [6, 6.07) is 14.6. The molecule has 0 radical (unpaired) electrons. The van der Waals surface area contributed by atoms with Gasteiger partial charge in [0.2, 0.25) is 0 Å². The first-order valence-electron chi connectivity index (χ1n) is 8.91. The number of amides is 3. The Balaban J connectivity index is 1.44.